The van der Waals surface area contributed by atoms with Crippen molar-refractivity contribution in [2.75, 3.05) is 6.54 Å². The van der Waals surface area contributed by atoms with E-state index in [0.717, 1.165) is 6.42 Å². The van der Waals surface area contributed by atoms with Crippen molar-refractivity contribution < 1.29 is 9.53 Å². The third-order valence-corrected chi connectivity index (χ3v) is 2.53. The van der Waals surface area contributed by atoms with Gasteiger partial charge in [0.25, 0.3) is 0 Å². The SMILES string of the molecule is CCN(C(=O)OC(C)(C)C)C(C)(C)CC. The van der Waals surface area contributed by atoms with Crippen molar-refractivity contribution in [3.63, 3.8) is 0 Å². The normalized spacial score (nSPS) is 12.5. The molecular formula is C12H25NO2. The Morgan fingerprint density at radius 1 is 1.13 bits per heavy atom. The topological polar surface area (TPSA) is 29.5 Å². The Labute approximate surface area is 93.8 Å². The molecule has 0 aliphatic rings. The van der Waals surface area contributed by atoms with Crippen LogP contribution in [0.5, 0.6) is 0 Å². The van der Waals surface area contributed by atoms with Gasteiger partial charge in [0.05, 0.1) is 0 Å². The van der Waals surface area contributed by atoms with E-state index in [4.69, 9.17) is 4.74 Å². The molecule has 90 valence electrons. The van der Waals surface area contributed by atoms with Crippen LogP contribution in [0.4, 0.5) is 4.79 Å². The van der Waals surface area contributed by atoms with E-state index in [1.807, 2.05) is 27.7 Å². The maximum Gasteiger partial charge on any atom is 0.410 e. The van der Waals surface area contributed by atoms with Crippen LogP contribution < -0.4 is 0 Å². The van der Waals surface area contributed by atoms with Crippen LogP contribution in [-0.2, 0) is 4.74 Å². The number of hydrogen-bond acceptors (Lipinski definition) is 2. The Bertz CT molecular complexity index is 216. The number of carbonyl (C=O) groups is 1. The third kappa shape index (κ3) is 4.54. The highest BCUT2D eigenvalue weighted by molar-refractivity contribution is 5.69. The molecule has 0 radical (unpaired) electrons. The van der Waals surface area contributed by atoms with E-state index in [9.17, 15) is 4.79 Å². The van der Waals surface area contributed by atoms with Crippen molar-refractivity contribution in [1.29, 1.82) is 0 Å². The molecular weight excluding hydrogens is 190 g/mol. The van der Waals surface area contributed by atoms with E-state index >= 15 is 0 Å². The van der Waals surface area contributed by atoms with E-state index in [-0.39, 0.29) is 11.6 Å². The fourth-order valence-electron chi connectivity index (χ4n) is 1.31. The molecule has 0 saturated carbocycles. The smallest absolute Gasteiger partial charge is 0.410 e. The molecule has 0 aliphatic carbocycles. The van der Waals surface area contributed by atoms with Crippen LogP contribution in [0.1, 0.15) is 54.9 Å². The quantitative estimate of drug-likeness (QED) is 0.721. The van der Waals surface area contributed by atoms with Gasteiger partial charge >= 0.3 is 6.09 Å². The van der Waals surface area contributed by atoms with Crippen molar-refractivity contribution in [2.45, 2.75) is 66.0 Å². The molecule has 0 N–H and O–H groups in total. The summed E-state index contributed by atoms with van der Waals surface area (Å²) < 4.78 is 5.37. The number of rotatable bonds is 3. The Kier molecular flexibility index (Phi) is 4.63. The number of carbonyl (C=O) groups excluding carboxylic acids is 1. The summed E-state index contributed by atoms with van der Waals surface area (Å²) in [6, 6.07) is 0. The number of ether oxygens (including phenoxy) is 1. The number of amides is 1. The second kappa shape index (κ2) is 4.86. The minimum Gasteiger partial charge on any atom is -0.444 e. The molecule has 3 nitrogen and oxygen atoms in total. The molecule has 15 heavy (non-hydrogen) atoms. The lowest BCUT2D eigenvalue weighted by Crippen LogP contribution is -2.49. The van der Waals surface area contributed by atoms with Gasteiger partial charge in [-0.1, -0.05) is 6.92 Å². The lowest BCUT2D eigenvalue weighted by molar-refractivity contribution is 0.00411. The predicted molar refractivity (Wildman–Crippen MR) is 63.0 cm³/mol. The molecule has 0 bridgehead atoms. The summed E-state index contributed by atoms with van der Waals surface area (Å²) in [6.45, 7) is 14.5. The average Bonchev–Trinajstić information content (AvgIpc) is 2.01. The molecule has 0 aromatic heterocycles. The van der Waals surface area contributed by atoms with Crippen LogP contribution in [0.2, 0.25) is 0 Å². The highest BCUT2D eigenvalue weighted by Crippen LogP contribution is 2.21. The lowest BCUT2D eigenvalue weighted by Gasteiger charge is -2.38. The van der Waals surface area contributed by atoms with Crippen molar-refractivity contribution in [1.82, 2.24) is 4.90 Å². The summed E-state index contributed by atoms with van der Waals surface area (Å²) >= 11 is 0. The van der Waals surface area contributed by atoms with E-state index in [1.165, 1.54) is 0 Å². The summed E-state index contributed by atoms with van der Waals surface area (Å²) in [6.07, 6.45) is 0.692. The maximum absolute atomic E-state index is 11.9. The zero-order valence-electron chi connectivity index (χ0n) is 11.2. The molecule has 0 unspecified atom stereocenters. The van der Waals surface area contributed by atoms with Crippen LogP contribution in [0.15, 0.2) is 0 Å². The second-order valence-electron chi connectivity index (χ2n) is 5.39. The first kappa shape index (κ1) is 14.3. The van der Waals surface area contributed by atoms with E-state index in [2.05, 4.69) is 20.8 Å². The number of nitrogens with zero attached hydrogens (tertiary/aromatic N) is 1. The summed E-state index contributed by atoms with van der Waals surface area (Å²) in [5.41, 5.74) is -0.564. The zero-order chi connectivity index (χ0) is 12.3. The minimum atomic E-state index is -0.422. The third-order valence-electron chi connectivity index (χ3n) is 2.53. The van der Waals surface area contributed by atoms with Gasteiger partial charge in [-0.3, -0.25) is 0 Å². The first-order valence-electron chi connectivity index (χ1n) is 5.64. The predicted octanol–water partition coefficient (Wildman–Crippen LogP) is 3.43. The van der Waals surface area contributed by atoms with Gasteiger partial charge in [-0.15, -0.1) is 0 Å². The molecule has 0 heterocycles. The van der Waals surface area contributed by atoms with Crippen LogP contribution >= 0.6 is 0 Å². The molecule has 0 atom stereocenters. The van der Waals surface area contributed by atoms with Gasteiger partial charge in [0.1, 0.15) is 5.60 Å². The Balaban J connectivity index is 4.63. The zero-order valence-corrected chi connectivity index (χ0v) is 11.2. The van der Waals surface area contributed by atoms with Gasteiger partial charge in [0, 0.05) is 12.1 Å². The van der Waals surface area contributed by atoms with Crippen LogP contribution in [0.25, 0.3) is 0 Å². The largest absolute Gasteiger partial charge is 0.444 e. The first-order chi connectivity index (χ1) is 6.64. The summed E-state index contributed by atoms with van der Waals surface area (Å²) in [5.74, 6) is 0. The molecule has 0 spiro atoms. The standard InChI is InChI=1S/C12H25NO2/c1-8-12(6,7)13(9-2)10(14)15-11(3,4)5/h8-9H2,1-7H3. The van der Waals surface area contributed by atoms with Crippen molar-refractivity contribution in [3.8, 4) is 0 Å². The van der Waals surface area contributed by atoms with Gasteiger partial charge in [-0.25, -0.2) is 4.79 Å². The molecule has 0 saturated heterocycles. The van der Waals surface area contributed by atoms with Crippen molar-refractivity contribution in [2.24, 2.45) is 0 Å². The maximum atomic E-state index is 11.9. The van der Waals surface area contributed by atoms with Gasteiger partial charge in [-0.05, 0) is 48.0 Å². The van der Waals surface area contributed by atoms with E-state index < -0.39 is 5.60 Å². The molecule has 0 aromatic rings. The van der Waals surface area contributed by atoms with Crippen LogP contribution in [-0.4, -0.2) is 28.7 Å². The molecule has 0 rings (SSSR count). The summed E-state index contributed by atoms with van der Waals surface area (Å²) in [7, 11) is 0. The van der Waals surface area contributed by atoms with Crippen LogP contribution in [0.3, 0.4) is 0 Å². The molecule has 3 heteroatoms. The average molecular weight is 215 g/mol. The Hall–Kier alpha value is -0.730. The molecule has 1 amide bonds. The minimum absolute atomic E-state index is 0.142. The van der Waals surface area contributed by atoms with Crippen molar-refractivity contribution >= 4 is 6.09 Å². The lowest BCUT2D eigenvalue weighted by atomic mass is 10.00. The molecule has 0 aliphatic heterocycles. The fraction of sp³-hybridized carbons (Fsp3) is 0.917. The van der Waals surface area contributed by atoms with E-state index in [0.29, 0.717) is 6.54 Å². The Morgan fingerprint density at radius 2 is 1.60 bits per heavy atom. The van der Waals surface area contributed by atoms with Crippen molar-refractivity contribution in [3.05, 3.63) is 0 Å². The number of hydrogen-bond donors (Lipinski definition) is 0. The fourth-order valence-corrected chi connectivity index (χ4v) is 1.31. The van der Waals surface area contributed by atoms with Crippen LogP contribution in [0, 0.1) is 0 Å². The molecule has 0 aromatic carbocycles. The summed E-state index contributed by atoms with van der Waals surface area (Å²) in [4.78, 5) is 13.7. The first-order valence-corrected chi connectivity index (χ1v) is 5.64. The highest BCUT2D eigenvalue weighted by atomic mass is 16.6. The van der Waals surface area contributed by atoms with Gasteiger partial charge in [-0.2, -0.15) is 0 Å². The summed E-state index contributed by atoms with van der Waals surface area (Å²) in [5, 5.41) is 0. The van der Waals surface area contributed by atoms with Gasteiger partial charge < -0.3 is 9.64 Å². The van der Waals surface area contributed by atoms with E-state index in [1.54, 1.807) is 4.90 Å². The second-order valence-corrected chi connectivity index (χ2v) is 5.39. The molecule has 0 fully saturated rings. The van der Waals surface area contributed by atoms with Gasteiger partial charge in [0.2, 0.25) is 0 Å². The Morgan fingerprint density at radius 3 is 1.87 bits per heavy atom. The van der Waals surface area contributed by atoms with Gasteiger partial charge in [0.15, 0.2) is 0 Å². The highest BCUT2D eigenvalue weighted by Gasteiger charge is 2.31. The monoisotopic (exact) mass is 215 g/mol.